The highest BCUT2D eigenvalue weighted by molar-refractivity contribution is 5.22. The number of nitrogens with zero attached hydrogens (tertiary/aromatic N) is 4. The first-order valence-electron chi connectivity index (χ1n) is 3.35. The van der Waals surface area contributed by atoms with Crippen LogP contribution in [0.1, 0.15) is 0 Å². The number of hydrogen-bond acceptors (Lipinski definition) is 4. The van der Waals surface area contributed by atoms with E-state index in [1.54, 1.807) is 5.01 Å². The van der Waals surface area contributed by atoms with Crippen molar-refractivity contribution in [2.24, 2.45) is 5.10 Å². The van der Waals surface area contributed by atoms with Crippen molar-refractivity contribution >= 4 is 6.72 Å². The van der Waals surface area contributed by atoms with Gasteiger partial charge in [0.2, 0.25) is 0 Å². The standard InChI is InChI=1S/C5H10N4O2/c1-6-7-2-4-8(5-3-7)9(10)11/h1-5H2. The molecule has 0 spiro atoms. The summed E-state index contributed by atoms with van der Waals surface area (Å²) in [7, 11) is 0. The molecule has 0 saturated carbocycles. The maximum absolute atomic E-state index is 10.2. The number of piperazine rings is 1. The van der Waals surface area contributed by atoms with Gasteiger partial charge in [-0.15, -0.1) is 5.01 Å². The average molecular weight is 158 g/mol. The lowest BCUT2D eigenvalue weighted by atomic mass is 10.4. The Balaban J connectivity index is 2.35. The molecule has 1 rings (SSSR count). The zero-order valence-electron chi connectivity index (χ0n) is 6.14. The van der Waals surface area contributed by atoms with Gasteiger partial charge in [0.05, 0.1) is 26.2 Å². The van der Waals surface area contributed by atoms with Gasteiger partial charge in [0, 0.05) is 6.72 Å². The molecule has 1 fully saturated rings. The molecular weight excluding hydrogens is 148 g/mol. The molecule has 1 aliphatic heterocycles. The molecule has 1 aliphatic rings. The summed E-state index contributed by atoms with van der Waals surface area (Å²) in [5.41, 5.74) is 0. The van der Waals surface area contributed by atoms with Crippen molar-refractivity contribution in [2.45, 2.75) is 0 Å². The van der Waals surface area contributed by atoms with E-state index < -0.39 is 0 Å². The number of hydrazine groups is 1. The van der Waals surface area contributed by atoms with Gasteiger partial charge in [0.25, 0.3) is 0 Å². The minimum atomic E-state index is -0.375. The Bertz CT molecular complexity index is 164. The monoisotopic (exact) mass is 158 g/mol. The highest BCUT2D eigenvalue weighted by atomic mass is 16.7. The van der Waals surface area contributed by atoms with Gasteiger partial charge in [-0.2, -0.15) is 5.10 Å². The Hall–Kier alpha value is -1.33. The van der Waals surface area contributed by atoms with Gasteiger partial charge < -0.3 is 0 Å². The van der Waals surface area contributed by atoms with Crippen molar-refractivity contribution in [2.75, 3.05) is 26.2 Å². The summed E-state index contributed by atoms with van der Waals surface area (Å²) in [6, 6.07) is 0. The largest absolute Gasteiger partial charge is 0.294 e. The quantitative estimate of drug-likeness (QED) is 0.306. The normalized spacial score (nSPS) is 18.2. The summed E-state index contributed by atoms with van der Waals surface area (Å²) in [6.07, 6.45) is 0. The van der Waals surface area contributed by atoms with E-state index in [2.05, 4.69) is 11.8 Å². The second-order valence-electron chi connectivity index (χ2n) is 2.29. The second-order valence-corrected chi connectivity index (χ2v) is 2.29. The maximum atomic E-state index is 10.2. The molecule has 11 heavy (non-hydrogen) atoms. The van der Waals surface area contributed by atoms with Gasteiger partial charge in [-0.3, -0.25) is 5.01 Å². The molecule has 1 heterocycles. The van der Waals surface area contributed by atoms with Crippen molar-refractivity contribution in [1.82, 2.24) is 10.0 Å². The Labute approximate surface area is 64.2 Å². The first-order valence-corrected chi connectivity index (χ1v) is 3.35. The summed E-state index contributed by atoms with van der Waals surface area (Å²) in [5, 5.41) is 16.4. The zero-order chi connectivity index (χ0) is 8.27. The molecule has 0 aromatic rings. The fraction of sp³-hybridized carbons (Fsp3) is 0.800. The van der Waals surface area contributed by atoms with E-state index in [1.807, 2.05) is 0 Å². The van der Waals surface area contributed by atoms with Crippen LogP contribution in [-0.4, -0.2) is 47.9 Å². The van der Waals surface area contributed by atoms with E-state index in [0.29, 0.717) is 26.2 Å². The van der Waals surface area contributed by atoms with Crippen molar-refractivity contribution in [3.05, 3.63) is 10.1 Å². The zero-order valence-corrected chi connectivity index (χ0v) is 6.14. The SMILES string of the molecule is C=NN1CCN([N+](=O)[O-])CC1. The fourth-order valence-corrected chi connectivity index (χ4v) is 0.990. The number of nitro groups is 1. The minimum absolute atomic E-state index is 0.375. The molecule has 62 valence electrons. The van der Waals surface area contributed by atoms with E-state index in [-0.39, 0.29) is 5.03 Å². The smallest absolute Gasteiger partial charge is 0.160 e. The lowest BCUT2D eigenvalue weighted by Crippen LogP contribution is -2.46. The van der Waals surface area contributed by atoms with Crippen molar-refractivity contribution in [1.29, 1.82) is 0 Å². The number of rotatable bonds is 2. The molecular formula is C5H10N4O2. The number of hydrogen-bond donors (Lipinski definition) is 0. The summed E-state index contributed by atoms with van der Waals surface area (Å²) in [4.78, 5) is 10.2. The van der Waals surface area contributed by atoms with Crippen LogP contribution >= 0.6 is 0 Å². The van der Waals surface area contributed by atoms with E-state index in [4.69, 9.17) is 0 Å². The Kier molecular flexibility index (Phi) is 2.25. The minimum Gasteiger partial charge on any atom is -0.294 e. The predicted octanol–water partition coefficient (Wildman–Crippen LogP) is -0.589. The lowest BCUT2D eigenvalue weighted by Gasteiger charge is -2.27. The molecule has 0 aromatic heterocycles. The Morgan fingerprint density at radius 2 is 1.91 bits per heavy atom. The number of hydrazone groups is 1. The van der Waals surface area contributed by atoms with Gasteiger partial charge in [-0.25, -0.2) is 10.1 Å². The highest BCUT2D eigenvalue weighted by Gasteiger charge is 2.20. The molecule has 0 unspecified atom stereocenters. The molecule has 0 atom stereocenters. The van der Waals surface area contributed by atoms with Crippen LogP contribution in [0.2, 0.25) is 0 Å². The van der Waals surface area contributed by atoms with Crippen LogP contribution in [0.15, 0.2) is 5.10 Å². The molecule has 1 saturated heterocycles. The van der Waals surface area contributed by atoms with Crippen molar-refractivity contribution in [3.8, 4) is 0 Å². The van der Waals surface area contributed by atoms with Crippen LogP contribution in [0.4, 0.5) is 0 Å². The second kappa shape index (κ2) is 3.18. The summed E-state index contributed by atoms with van der Waals surface area (Å²) in [5.74, 6) is 0. The summed E-state index contributed by atoms with van der Waals surface area (Å²) < 4.78 is 0. The highest BCUT2D eigenvalue weighted by Crippen LogP contribution is 2.00. The third-order valence-corrected chi connectivity index (χ3v) is 1.66. The Morgan fingerprint density at radius 3 is 2.27 bits per heavy atom. The van der Waals surface area contributed by atoms with Gasteiger partial charge >= 0.3 is 0 Å². The van der Waals surface area contributed by atoms with Crippen LogP contribution in [0.25, 0.3) is 0 Å². The predicted molar refractivity (Wildman–Crippen MR) is 39.7 cm³/mol. The topological polar surface area (TPSA) is 62.0 Å². The maximum Gasteiger partial charge on any atom is 0.160 e. The first-order chi connectivity index (χ1) is 5.24. The summed E-state index contributed by atoms with van der Waals surface area (Å²) in [6.45, 7) is 5.36. The van der Waals surface area contributed by atoms with Gasteiger partial charge in [0.1, 0.15) is 0 Å². The van der Waals surface area contributed by atoms with E-state index in [0.717, 1.165) is 0 Å². The molecule has 0 amide bonds. The fourth-order valence-electron chi connectivity index (χ4n) is 0.990. The van der Waals surface area contributed by atoms with E-state index in [1.165, 1.54) is 5.01 Å². The van der Waals surface area contributed by atoms with Crippen molar-refractivity contribution in [3.63, 3.8) is 0 Å². The lowest BCUT2D eigenvalue weighted by molar-refractivity contribution is -0.657. The third kappa shape index (κ3) is 1.79. The molecule has 0 aliphatic carbocycles. The van der Waals surface area contributed by atoms with Crippen LogP contribution in [0, 0.1) is 10.1 Å². The van der Waals surface area contributed by atoms with Crippen LogP contribution in [0.5, 0.6) is 0 Å². The third-order valence-electron chi connectivity index (χ3n) is 1.66. The molecule has 0 radical (unpaired) electrons. The van der Waals surface area contributed by atoms with E-state index in [9.17, 15) is 10.1 Å². The molecule has 0 bridgehead atoms. The van der Waals surface area contributed by atoms with Crippen LogP contribution < -0.4 is 0 Å². The van der Waals surface area contributed by atoms with Gasteiger partial charge in [0.15, 0.2) is 5.03 Å². The van der Waals surface area contributed by atoms with Crippen LogP contribution in [-0.2, 0) is 0 Å². The Morgan fingerprint density at radius 1 is 1.36 bits per heavy atom. The molecule has 6 nitrogen and oxygen atoms in total. The van der Waals surface area contributed by atoms with Crippen LogP contribution in [0.3, 0.4) is 0 Å². The van der Waals surface area contributed by atoms with E-state index >= 15 is 0 Å². The van der Waals surface area contributed by atoms with Gasteiger partial charge in [-0.05, 0) is 0 Å². The molecule has 0 N–H and O–H groups in total. The van der Waals surface area contributed by atoms with Gasteiger partial charge in [-0.1, -0.05) is 0 Å². The molecule has 6 heteroatoms. The summed E-state index contributed by atoms with van der Waals surface area (Å²) >= 11 is 0. The average Bonchev–Trinajstić information content (AvgIpc) is 2.05. The molecule has 0 aromatic carbocycles. The first kappa shape index (κ1) is 7.77. The van der Waals surface area contributed by atoms with Crippen molar-refractivity contribution < 1.29 is 5.03 Å².